The summed E-state index contributed by atoms with van der Waals surface area (Å²) in [4.78, 5) is 10.1. The van der Waals surface area contributed by atoms with Gasteiger partial charge in [-0.15, -0.1) is 0 Å². The fourth-order valence-corrected chi connectivity index (χ4v) is 0.549. The lowest BCUT2D eigenvalue weighted by Gasteiger charge is -1.90. The van der Waals surface area contributed by atoms with Crippen molar-refractivity contribution < 1.29 is 4.79 Å². The maximum Gasteiger partial charge on any atom is 0.217 e. The van der Waals surface area contributed by atoms with Gasteiger partial charge in [-0.2, -0.15) is 0 Å². The first kappa shape index (κ1) is 16.8. The second-order valence-corrected chi connectivity index (χ2v) is 1.92. The van der Waals surface area contributed by atoms with Crippen LogP contribution < -0.4 is 5.73 Å². The smallest absolute Gasteiger partial charge is 0.217 e. The number of nitrogens with two attached hydrogens (primary N) is 1. The average molecular weight is 161 g/mol. The minimum atomic E-state index is -0.182. The lowest BCUT2D eigenvalue weighted by Crippen LogP contribution is -2.09. The van der Waals surface area contributed by atoms with Crippen LogP contribution in [-0.4, -0.2) is 5.91 Å². The van der Waals surface area contributed by atoms with Gasteiger partial charge in [-0.25, -0.2) is 0 Å². The standard InChI is InChI=1S/C6H13NO.C2H6.CH4/c1-2-3-4-5-6(7)8;1-2;/h2-5H2,1H3,(H2,7,8);1-2H3;1H4. The van der Waals surface area contributed by atoms with Crippen LogP contribution in [0.25, 0.3) is 0 Å². The van der Waals surface area contributed by atoms with Crippen molar-refractivity contribution in [3.05, 3.63) is 0 Å². The van der Waals surface area contributed by atoms with E-state index < -0.39 is 0 Å². The van der Waals surface area contributed by atoms with E-state index in [4.69, 9.17) is 5.73 Å². The number of primary amides is 1. The van der Waals surface area contributed by atoms with Crippen LogP contribution in [0.3, 0.4) is 0 Å². The van der Waals surface area contributed by atoms with Crippen molar-refractivity contribution in [3.63, 3.8) is 0 Å². The Hall–Kier alpha value is -0.530. The first-order valence-corrected chi connectivity index (χ1v) is 4.05. The minimum Gasteiger partial charge on any atom is -0.370 e. The number of carbonyl (C=O) groups is 1. The van der Waals surface area contributed by atoms with Gasteiger partial charge in [0.25, 0.3) is 0 Å². The lowest BCUT2D eigenvalue weighted by molar-refractivity contribution is -0.118. The maximum absolute atomic E-state index is 10.1. The minimum absolute atomic E-state index is 0. The highest BCUT2D eigenvalue weighted by atomic mass is 16.1. The molecule has 0 aromatic rings. The third-order valence-corrected chi connectivity index (χ3v) is 1.03. The Kier molecular flexibility index (Phi) is 24.8. The summed E-state index contributed by atoms with van der Waals surface area (Å²) < 4.78 is 0. The summed E-state index contributed by atoms with van der Waals surface area (Å²) in [5.74, 6) is -0.182. The van der Waals surface area contributed by atoms with Gasteiger partial charge in [0.05, 0.1) is 0 Å². The van der Waals surface area contributed by atoms with Gasteiger partial charge in [-0.05, 0) is 6.42 Å². The molecule has 0 heterocycles. The van der Waals surface area contributed by atoms with Crippen molar-refractivity contribution in [2.75, 3.05) is 0 Å². The van der Waals surface area contributed by atoms with Gasteiger partial charge in [0.1, 0.15) is 0 Å². The van der Waals surface area contributed by atoms with Crippen LogP contribution in [0.1, 0.15) is 53.9 Å². The van der Waals surface area contributed by atoms with Crippen LogP contribution in [0.15, 0.2) is 0 Å². The van der Waals surface area contributed by atoms with Gasteiger partial charge in [0.2, 0.25) is 5.91 Å². The third kappa shape index (κ3) is 26.4. The summed E-state index contributed by atoms with van der Waals surface area (Å²) >= 11 is 0. The van der Waals surface area contributed by atoms with Crippen molar-refractivity contribution in [3.8, 4) is 0 Å². The molecule has 11 heavy (non-hydrogen) atoms. The summed E-state index contributed by atoms with van der Waals surface area (Å²) in [6.45, 7) is 6.10. The Morgan fingerprint density at radius 2 is 1.73 bits per heavy atom. The van der Waals surface area contributed by atoms with E-state index in [0.717, 1.165) is 19.3 Å². The molecule has 0 radical (unpaired) electrons. The van der Waals surface area contributed by atoms with Crippen LogP contribution in [0.2, 0.25) is 0 Å². The fourth-order valence-electron chi connectivity index (χ4n) is 0.549. The molecule has 0 saturated carbocycles. The molecule has 0 atom stereocenters. The molecular weight excluding hydrogens is 138 g/mol. The Balaban J connectivity index is -0.000000196. The molecule has 70 valence electrons. The van der Waals surface area contributed by atoms with Crippen LogP contribution >= 0.6 is 0 Å². The number of amides is 1. The Bertz CT molecular complexity index is 72.0. The van der Waals surface area contributed by atoms with Crippen LogP contribution in [-0.2, 0) is 4.79 Å². The summed E-state index contributed by atoms with van der Waals surface area (Å²) in [5, 5.41) is 0. The molecule has 0 aromatic heterocycles. The highest BCUT2D eigenvalue weighted by molar-refractivity contribution is 5.73. The van der Waals surface area contributed by atoms with Crippen molar-refractivity contribution in [2.45, 2.75) is 53.9 Å². The number of unbranched alkanes of at least 4 members (excludes halogenated alkanes) is 2. The number of hydrogen-bond donors (Lipinski definition) is 1. The van der Waals surface area contributed by atoms with Crippen LogP contribution in [0, 0.1) is 0 Å². The highest BCUT2D eigenvalue weighted by Gasteiger charge is 1.90. The Morgan fingerprint density at radius 1 is 1.27 bits per heavy atom. The van der Waals surface area contributed by atoms with Crippen molar-refractivity contribution >= 4 is 5.91 Å². The number of rotatable bonds is 4. The molecule has 0 aliphatic carbocycles. The molecule has 0 saturated heterocycles. The van der Waals surface area contributed by atoms with Crippen molar-refractivity contribution in [2.24, 2.45) is 5.73 Å². The number of carbonyl (C=O) groups excluding carboxylic acids is 1. The predicted octanol–water partition coefficient (Wildman–Crippen LogP) is 2.71. The summed E-state index contributed by atoms with van der Waals surface area (Å²) in [6.07, 6.45) is 3.76. The zero-order chi connectivity index (χ0) is 8.41. The predicted molar refractivity (Wildman–Crippen MR) is 51.4 cm³/mol. The lowest BCUT2D eigenvalue weighted by atomic mass is 10.2. The molecule has 2 N–H and O–H groups in total. The molecule has 0 aliphatic heterocycles. The van der Waals surface area contributed by atoms with Crippen molar-refractivity contribution in [1.82, 2.24) is 0 Å². The molecule has 0 fully saturated rings. The van der Waals surface area contributed by atoms with E-state index in [0.29, 0.717) is 6.42 Å². The maximum atomic E-state index is 10.1. The molecule has 0 rings (SSSR count). The van der Waals surface area contributed by atoms with E-state index in [2.05, 4.69) is 6.92 Å². The molecule has 0 aliphatic rings. The van der Waals surface area contributed by atoms with Gasteiger partial charge in [0.15, 0.2) is 0 Å². The van der Waals surface area contributed by atoms with Gasteiger partial charge in [0, 0.05) is 6.42 Å². The molecule has 2 nitrogen and oxygen atoms in total. The SMILES string of the molecule is C.CC.CCCCCC(N)=O. The topological polar surface area (TPSA) is 43.1 Å². The van der Waals surface area contributed by atoms with Crippen LogP contribution in [0.4, 0.5) is 0 Å². The van der Waals surface area contributed by atoms with E-state index >= 15 is 0 Å². The number of hydrogen-bond acceptors (Lipinski definition) is 1. The highest BCUT2D eigenvalue weighted by Crippen LogP contribution is 1.96. The molecule has 0 bridgehead atoms. The fraction of sp³-hybridized carbons (Fsp3) is 0.889. The average Bonchev–Trinajstić information content (AvgIpc) is 1.92. The second-order valence-electron chi connectivity index (χ2n) is 1.92. The van der Waals surface area contributed by atoms with E-state index in [1.165, 1.54) is 0 Å². The largest absolute Gasteiger partial charge is 0.370 e. The van der Waals surface area contributed by atoms with Gasteiger partial charge >= 0.3 is 0 Å². The quantitative estimate of drug-likeness (QED) is 0.633. The molecule has 2 heteroatoms. The normalized spacial score (nSPS) is 7.18. The molecule has 0 spiro atoms. The molecular formula is C9H23NO. The third-order valence-electron chi connectivity index (χ3n) is 1.03. The first-order chi connectivity index (χ1) is 4.77. The van der Waals surface area contributed by atoms with E-state index in [1.807, 2.05) is 13.8 Å². The Morgan fingerprint density at radius 3 is 2.00 bits per heavy atom. The summed E-state index contributed by atoms with van der Waals surface area (Å²) in [5.41, 5.74) is 4.89. The Labute approximate surface area is 71.2 Å². The second kappa shape index (κ2) is 16.2. The molecule has 0 unspecified atom stereocenters. The van der Waals surface area contributed by atoms with Gasteiger partial charge in [-0.3, -0.25) is 4.79 Å². The molecule has 1 amide bonds. The molecule has 0 aromatic carbocycles. The van der Waals surface area contributed by atoms with Crippen molar-refractivity contribution in [1.29, 1.82) is 0 Å². The summed E-state index contributed by atoms with van der Waals surface area (Å²) in [7, 11) is 0. The monoisotopic (exact) mass is 161 g/mol. The van der Waals surface area contributed by atoms with Crippen LogP contribution in [0.5, 0.6) is 0 Å². The van der Waals surface area contributed by atoms with Gasteiger partial charge in [-0.1, -0.05) is 41.0 Å². The zero-order valence-corrected chi connectivity index (χ0v) is 7.31. The van der Waals surface area contributed by atoms with E-state index in [9.17, 15) is 4.79 Å². The van der Waals surface area contributed by atoms with Gasteiger partial charge < -0.3 is 5.73 Å². The van der Waals surface area contributed by atoms with E-state index in [1.54, 1.807) is 0 Å². The summed E-state index contributed by atoms with van der Waals surface area (Å²) in [6, 6.07) is 0. The first-order valence-electron chi connectivity index (χ1n) is 4.05. The zero-order valence-electron chi connectivity index (χ0n) is 7.31. The van der Waals surface area contributed by atoms with E-state index in [-0.39, 0.29) is 13.3 Å².